The molecular weight excluding hydrogens is 611 g/mol. The van der Waals surface area contributed by atoms with Gasteiger partial charge in [0.1, 0.15) is 18.4 Å². The molecule has 1 N–H and O–H groups in total. The molecule has 0 aromatic carbocycles. The number of fused-ring (bicyclic) bond motifs is 1. The zero-order chi connectivity index (χ0) is 31.9. The van der Waals surface area contributed by atoms with Gasteiger partial charge in [0.15, 0.2) is 5.69 Å². The smallest absolute Gasteiger partial charge is 0.377 e. The SMILES string of the molecule is Cc1nonc1C(=O)N[C@H](c1cn2ncc([C@@H]3COCCN3C(=O)[C@@H]3CCC(F)(F)CO3)nc2n1)C1CCC(C(F)(F)F)CC1. The Morgan fingerprint density at radius 3 is 2.56 bits per heavy atom. The number of nitrogens with one attached hydrogen (secondary N) is 1. The van der Waals surface area contributed by atoms with Crippen LogP contribution in [0.2, 0.25) is 0 Å². The van der Waals surface area contributed by atoms with E-state index >= 15 is 0 Å². The van der Waals surface area contributed by atoms with Crippen molar-refractivity contribution in [1.29, 1.82) is 0 Å². The van der Waals surface area contributed by atoms with Gasteiger partial charge in [0.05, 0.1) is 55.0 Å². The number of rotatable bonds is 6. The molecule has 18 heteroatoms. The zero-order valence-electron chi connectivity index (χ0n) is 24.2. The maximum Gasteiger partial charge on any atom is 0.391 e. The summed E-state index contributed by atoms with van der Waals surface area (Å²) in [6.45, 7) is 1.22. The number of carbonyl (C=O) groups excluding carboxylic acids is 2. The van der Waals surface area contributed by atoms with Crippen LogP contribution in [0.3, 0.4) is 0 Å². The summed E-state index contributed by atoms with van der Waals surface area (Å²) in [6.07, 6.45) is -2.71. The van der Waals surface area contributed by atoms with Gasteiger partial charge in [0.2, 0.25) is 0 Å². The Hall–Kier alpha value is -3.80. The molecule has 0 bridgehead atoms. The van der Waals surface area contributed by atoms with Crippen LogP contribution < -0.4 is 5.32 Å². The molecule has 0 spiro atoms. The predicted molar refractivity (Wildman–Crippen MR) is 141 cm³/mol. The standard InChI is InChI=1S/C27H31F5N8O5/c1-14-21(38-45-37-14)23(41)36-22(15-2-4-16(5-3-15)27(30,31)32)18-11-40-25(35-18)34-17(10-33-40)19-12-43-9-8-39(19)24(42)20-6-7-26(28,29)13-44-20/h10-11,15-16,19-20,22H,2-9,12-13H2,1H3,(H,36,41)/t15?,16?,19-,20-,22-/m0/s1. The number of nitrogens with zero attached hydrogens (tertiary/aromatic N) is 7. The summed E-state index contributed by atoms with van der Waals surface area (Å²) >= 11 is 0. The molecule has 2 saturated heterocycles. The van der Waals surface area contributed by atoms with Crippen molar-refractivity contribution in [3.8, 4) is 0 Å². The highest BCUT2D eigenvalue weighted by molar-refractivity contribution is 5.93. The number of hydrogen-bond donors (Lipinski definition) is 1. The predicted octanol–water partition coefficient (Wildman–Crippen LogP) is 3.37. The van der Waals surface area contributed by atoms with Crippen LogP contribution in [0.1, 0.15) is 78.2 Å². The topological polar surface area (TPSA) is 150 Å². The minimum Gasteiger partial charge on any atom is -0.377 e. The van der Waals surface area contributed by atoms with E-state index in [0.717, 1.165) is 0 Å². The third-order valence-electron chi connectivity index (χ3n) is 8.71. The number of alkyl halides is 5. The van der Waals surface area contributed by atoms with Crippen molar-refractivity contribution < 1.29 is 45.6 Å². The second-order valence-electron chi connectivity index (χ2n) is 11.7. The van der Waals surface area contributed by atoms with Crippen LogP contribution >= 0.6 is 0 Å². The molecule has 1 aliphatic carbocycles. The van der Waals surface area contributed by atoms with E-state index in [1.54, 1.807) is 0 Å². The van der Waals surface area contributed by atoms with Gasteiger partial charge in [-0.1, -0.05) is 5.16 Å². The number of hydrogen-bond acceptors (Lipinski definition) is 10. The van der Waals surface area contributed by atoms with Gasteiger partial charge < -0.3 is 19.7 Å². The first kappa shape index (κ1) is 31.2. The molecule has 3 aromatic rings. The molecule has 5 heterocycles. The van der Waals surface area contributed by atoms with Crippen molar-refractivity contribution in [2.24, 2.45) is 11.8 Å². The van der Waals surface area contributed by atoms with Crippen LogP contribution in [0.4, 0.5) is 22.0 Å². The first-order valence-electron chi connectivity index (χ1n) is 14.7. The first-order chi connectivity index (χ1) is 21.4. The molecule has 45 heavy (non-hydrogen) atoms. The third-order valence-corrected chi connectivity index (χ3v) is 8.71. The molecule has 1 saturated carbocycles. The summed E-state index contributed by atoms with van der Waals surface area (Å²) in [4.78, 5) is 37.1. The first-order valence-corrected chi connectivity index (χ1v) is 14.7. The molecular formula is C27H31F5N8O5. The summed E-state index contributed by atoms with van der Waals surface area (Å²) in [5, 5.41) is 14.5. The van der Waals surface area contributed by atoms with Gasteiger partial charge in [0.25, 0.3) is 23.5 Å². The molecule has 244 valence electrons. The van der Waals surface area contributed by atoms with Gasteiger partial charge in [-0.3, -0.25) is 9.59 Å². The van der Waals surface area contributed by atoms with Crippen molar-refractivity contribution in [2.45, 2.75) is 75.7 Å². The highest BCUT2D eigenvalue weighted by Gasteiger charge is 2.44. The van der Waals surface area contributed by atoms with Crippen LogP contribution in [0, 0.1) is 18.8 Å². The highest BCUT2D eigenvalue weighted by atomic mass is 19.4. The van der Waals surface area contributed by atoms with E-state index in [0.29, 0.717) is 11.4 Å². The lowest BCUT2D eigenvalue weighted by atomic mass is 9.77. The Kier molecular flexibility index (Phi) is 8.45. The third kappa shape index (κ3) is 6.61. The maximum atomic E-state index is 13.6. The minimum atomic E-state index is -4.30. The Balaban J connectivity index is 1.25. The Morgan fingerprint density at radius 2 is 1.89 bits per heavy atom. The molecule has 2 amide bonds. The van der Waals surface area contributed by atoms with Crippen LogP contribution in [-0.4, -0.2) is 91.2 Å². The van der Waals surface area contributed by atoms with Crippen LogP contribution in [0.15, 0.2) is 17.0 Å². The molecule has 3 aromatic heterocycles. The van der Waals surface area contributed by atoms with E-state index < -0.39 is 61.0 Å². The summed E-state index contributed by atoms with van der Waals surface area (Å²) < 4.78 is 84.1. The van der Waals surface area contributed by atoms with Crippen LogP contribution in [-0.2, 0) is 14.3 Å². The lowest BCUT2D eigenvalue weighted by Gasteiger charge is -2.38. The lowest BCUT2D eigenvalue weighted by Crippen LogP contribution is -2.50. The van der Waals surface area contributed by atoms with E-state index in [1.807, 2.05) is 0 Å². The van der Waals surface area contributed by atoms with Crippen molar-refractivity contribution in [3.63, 3.8) is 0 Å². The van der Waals surface area contributed by atoms with Crippen molar-refractivity contribution in [2.75, 3.05) is 26.4 Å². The fraction of sp³-hybridized carbons (Fsp3) is 0.667. The van der Waals surface area contributed by atoms with E-state index in [2.05, 4.69) is 35.3 Å². The van der Waals surface area contributed by atoms with Gasteiger partial charge in [-0.15, -0.1) is 0 Å². The number of halogens is 5. The average molecular weight is 643 g/mol. The number of ether oxygens (including phenoxy) is 2. The zero-order valence-corrected chi connectivity index (χ0v) is 24.2. The second kappa shape index (κ2) is 12.2. The number of aryl methyl sites for hydroxylation is 1. The lowest BCUT2D eigenvalue weighted by molar-refractivity contribution is -0.184. The Morgan fingerprint density at radius 1 is 1.11 bits per heavy atom. The minimum absolute atomic E-state index is 0.0565. The molecule has 3 fully saturated rings. The molecule has 0 radical (unpaired) electrons. The van der Waals surface area contributed by atoms with E-state index in [-0.39, 0.29) is 74.9 Å². The maximum absolute atomic E-state index is 13.6. The highest BCUT2D eigenvalue weighted by Crippen LogP contribution is 2.43. The van der Waals surface area contributed by atoms with Gasteiger partial charge in [-0.25, -0.2) is 27.9 Å². The molecule has 6 rings (SSSR count). The molecule has 13 nitrogen and oxygen atoms in total. The number of aromatic nitrogens is 6. The number of amides is 2. The van der Waals surface area contributed by atoms with Gasteiger partial charge in [-0.05, 0) is 50.1 Å². The fourth-order valence-electron chi connectivity index (χ4n) is 6.19. The number of imidazole rings is 1. The van der Waals surface area contributed by atoms with E-state index in [9.17, 15) is 31.5 Å². The largest absolute Gasteiger partial charge is 0.391 e. The van der Waals surface area contributed by atoms with Crippen LogP contribution in [0.5, 0.6) is 0 Å². The van der Waals surface area contributed by atoms with Gasteiger partial charge in [0, 0.05) is 13.0 Å². The van der Waals surface area contributed by atoms with E-state index in [4.69, 9.17) is 9.47 Å². The summed E-state index contributed by atoms with van der Waals surface area (Å²) in [7, 11) is 0. The molecule has 3 atom stereocenters. The normalized spacial score (nSPS) is 26.5. The molecule has 0 unspecified atom stereocenters. The number of carbonyl (C=O) groups is 2. The summed E-state index contributed by atoms with van der Waals surface area (Å²) in [5.41, 5.74) is 0.856. The molecule has 2 aliphatic heterocycles. The van der Waals surface area contributed by atoms with E-state index in [1.165, 1.54) is 28.7 Å². The van der Waals surface area contributed by atoms with Gasteiger partial charge >= 0.3 is 6.18 Å². The average Bonchev–Trinajstić information content (AvgIpc) is 3.64. The number of morpholine rings is 1. The molecule has 3 aliphatic rings. The fourth-order valence-corrected chi connectivity index (χ4v) is 6.19. The van der Waals surface area contributed by atoms with Crippen molar-refractivity contribution >= 4 is 17.6 Å². The monoisotopic (exact) mass is 642 g/mol. The second-order valence-corrected chi connectivity index (χ2v) is 11.7. The van der Waals surface area contributed by atoms with Crippen molar-refractivity contribution in [1.82, 2.24) is 40.1 Å². The summed E-state index contributed by atoms with van der Waals surface area (Å²) in [5.74, 6) is -5.71. The van der Waals surface area contributed by atoms with Crippen molar-refractivity contribution in [3.05, 3.63) is 35.2 Å². The quantitative estimate of drug-likeness (QED) is 0.397. The van der Waals surface area contributed by atoms with Gasteiger partial charge in [-0.2, -0.15) is 18.3 Å². The Bertz CT molecular complexity index is 1530. The summed E-state index contributed by atoms with van der Waals surface area (Å²) in [6, 6.07) is -1.49. The Labute approximate surface area is 252 Å². The van der Waals surface area contributed by atoms with Crippen LogP contribution in [0.25, 0.3) is 5.78 Å².